The van der Waals surface area contributed by atoms with Crippen molar-refractivity contribution in [1.29, 1.82) is 0 Å². The van der Waals surface area contributed by atoms with Gasteiger partial charge >= 0.3 is 12.4 Å². The second-order valence-corrected chi connectivity index (χ2v) is 4.63. The minimum atomic E-state index is -5.85. The van der Waals surface area contributed by atoms with Gasteiger partial charge in [0.05, 0.1) is 10.7 Å². The first-order chi connectivity index (χ1) is 9.34. The molecule has 11 heteroatoms. The predicted octanol–water partition coefficient (Wildman–Crippen LogP) is 4.38. The lowest BCUT2D eigenvalue weighted by atomic mass is 10.1. The molecule has 1 aromatic carbocycles. The fraction of sp³-hybridized carbons (Fsp3) is 0.300. The molecular formula is C10H5Cl2F6NO2. The molecule has 0 atom stereocenters. The normalized spacial score (nSPS) is 12.6. The maximum Gasteiger partial charge on any atom is 0.409 e. The van der Waals surface area contributed by atoms with E-state index in [-0.39, 0.29) is 5.02 Å². The van der Waals surface area contributed by atoms with Crippen molar-refractivity contribution in [2.45, 2.75) is 12.4 Å². The number of benzene rings is 1. The summed E-state index contributed by atoms with van der Waals surface area (Å²) in [4.78, 5) is 11.2. The van der Waals surface area contributed by atoms with E-state index in [1.54, 1.807) is 0 Å². The van der Waals surface area contributed by atoms with E-state index in [4.69, 9.17) is 23.2 Å². The summed E-state index contributed by atoms with van der Waals surface area (Å²) in [6.07, 6.45) is -11.7. The first-order valence-electron chi connectivity index (χ1n) is 4.96. The summed E-state index contributed by atoms with van der Waals surface area (Å²) in [5.41, 5.74) is -0.768. The van der Waals surface area contributed by atoms with Crippen LogP contribution in [0.15, 0.2) is 12.1 Å². The van der Waals surface area contributed by atoms with Crippen molar-refractivity contribution in [2.75, 3.05) is 5.32 Å². The molecule has 118 valence electrons. The zero-order valence-electron chi connectivity index (χ0n) is 9.61. The van der Waals surface area contributed by atoms with Gasteiger partial charge in [-0.1, -0.05) is 23.2 Å². The molecule has 0 aromatic heterocycles. The van der Waals surface area contributed by atoms with Crippen LogP contribution in [-0.2, 0) is 4.79 Å². The number of anilines is 1. The second kappa shape index (κ2) is 5.80. The fourth-order valence-electron chi connectivity index (χ4n) is 1.35. The Morgan fingerprint density at radius 3 is 2.00 bits per heavy atom. The van der Waals surface area contributed by atoms with Gasteiger partial charge in [-0.25, -0.2) is 0 Å². The number of aromatic hydroxyl groups is 1. The lowest BCUT2D eigenvalue weighted by Crippen LogP contribution is -2.45. The Kier molecular flexibility index (Phi) is 4.89. The molecule has 0 heterocycles. The van der Waals surface area contributed by atoms with E-state index in [1.807, 2.05) is 0 Å². The lowest BCUT2D eigenvalue weighted by molar-refractivity contribution is -0.272. The van der Waals surface area contributed by atoms with Crippen molar-refractivity contribution >= 4 is 34.8 Å². The molecule has 21 heavy (non-hydrogen) atoms. The van der Waals surface area contributed by atoms with Crippen molar-refractivity contribution in [3.63, 3.8) is 0 Å². The molecule has 1 aromatic rings. The molecule has 0 spiro atoms. The Morgan fingerprint density at radius 1 is 1.10 bits per heavy atom. The molecule has 0 saturated heterocycles. The van der Waals surface area contributed by atoms with Gasteiger partial charge in [-0.15, -0.1) is 0 Å². The van der Waals surface area contributed by atoms with Gasteiger partial charge in [0.1, 0.15) is 0 Å². The molecule has 0 unspecified atom stereocenters. The van der Waals surface area contributed by atoms with E-state index in [1.165, 1.54) is 5.32 Å². The third kappa shape index (κ3) is 4.31. The number of alkyl halides is 6. The highest BCUT2D eigenvalue weighted by Gasteiger charge is 2.61. The predicted molar refractivity (Wildman–Crippen MR) is 62.4 cm³/mol. The number of rotatable bonds is 2. The average Bonchev–Trinajstić information content (AvgIpc) is 2.20. The zero-order chi connectivity index (χ0) is 16.6. The van der Waals surface area contributed by atoms with Crippen LogP contribution in [0.25, 0.3) is 0 Å². The van der Waals surface area contributed by atoms with E-state index in [0.29, 0.717) is 0 Å². The summed E-state index contributed by atoms with van der Waals surface area (Å²) < 4.78 is 74.0. The third-order valence-corrected chi connectivity index (χ3v) is 2.71. The number of hydrogen-bond donors (Lipinski definition) is 2. The van der Waals surface area contributed by atoms with Gasteiger partial charge in [0.25, 0.3) is 0 Å². The van der Waals surface area contributed by atoms with Gasteiger partial charge < -0.3 is 10.4 Å². The minimum absolute atomic E-state index is 0.205. The Balaban J connectivity index is 3.15. The Labute approximate surface area is 123 Å². The van der Waals surface area contributed by atoms with E-state index in [0.717, 1.165) is 12.1 Å². The van der Waals surface area contributed by atoms with E-state index in [2.05, 4.69) is 0 Å². The van der Waals surface area contributed by atoms with Crippen LogP contribution in [0.2, 0.25) is 10.0 Å². The summed E-state index contributed by atoms with van der Waals surface area (Å²) in [7, 11) is 0. The number of hydrogen-bond acceptors (Lipinski definition) is 2. The van der Waals surface area contributed by atoms with Crippen molar-refractivity contribution < 1.29 is 36.2 Å². The van der Waals surface area contributed by atoms with Crippen LogP contribution in [0.4, 0.5) is 32.0 Å². The molecule has 0 fully saturated rings. The van der Waals surface area contributed by atoms with Crippen LogP contribution in [0.3, 0.4) is 0 Å². The molecule has 2 N–H and O–H groups in total. The number of carbonyl (C=O) groups excluding carboxylic acids is 1. The van der Waals surface area contributed by atoms with Crippen LogP contribution >= 0.6 is 23.2 Å². The van der Waals surface area contributed by atoms with E-state index in [9.17, 15) is 36.2 Å². The number of nitrogens with one attached hydrogen (secondary N) is 1. The molecule has 1 amide bonds. The Hall–Kier alpha value is -1.35. The van der Waals surface area contributed by atoms with Gasteiger partial charge in [-0.3, -0.25) is 4.79 Å². The Morgan fingerprint density at radius 2 is 1.57 bits per heavy atom. The second-order valence-electron chi connectivity index (χ2n) is 3.79. The number of amides is 1. The van der Waals surface area contributed by atoms with Crippen LogP contribution in [-0.4, -0.2) is 23.4 Å². The van der Waals surface area contributed by atoms with Crippen molar-refractivity contribution in [3.8, 4) is 5.75 Å². The highest BCUT2D eigenvalue weighted by molar-refractivity contribution is 6.36. The van der Waals surface area contributed by atoms with Gasteiger partial charge in [0.15, 0.2) is 5.75 Å². The summed E-state index contributed by atoms with van der Waals surface area (Å²) in [5.74, 6) is -7.57. The molecule has 0 bridgehead atoms. The quantitative estimate of drug-likeness (QED) is 0.611. The molecule has 0 aliphatic carbocycles. The van der Waals surface area contributed by atoms with Gasteiger partial charge in [-0.2, -0.15) is 26.3 Å². The molecule has 0 aliphatic heterocycles. The van der Waals surface area contributed by atoms with Crippen LogP contribution in [0, 0.1) is 5.92 Å². The highest BCUT2D eigenvalue weighted by Crippen LogP contribution is 2.41. The van der Waals surface area contributed by atoms with Gasteiger partial charge in [0, 0.05) is 5.02 Å². The molecule has 0 radical (unpaired) electrons. The maximum absolute atomic E-state index is 12.3. The summed E-state index contributed by atoms with van der Waals surface area (Å²) in [6, 6.07) is 1.74. The first-order valence-corrected chi connectivity index (χ1v) is 5.72. The summed E-state index contributed by atoms with van der Waals surface area (Å²) in [5, 5.41) is 10.0. The molecule has 3 nitrogen and oxygen atoms in total. The maximum atomic E-state index is 12.3. The largest absolute Gasteiger partial charge is 0.504 e. The number of carbonyl (C=O) groups is 1. The van der Waals surface area contributed by atoms with Crippen molar-refractivity contribution in [1.82, 2.24) is 0 Å². The Bertz CT molecular complexity index is 544. The minimum Gasteiger partial charge on any atom is -0.504 e. The number of phenols is 1. The smallest absolute Gasteiger partial charge is 0.409 e. The van der Waals surface area contributed by atoms with Crippen molar-refractivity contribution in [3.05, 3.63) is 22.2 Å². The molecule has 1 rings (SSSR count). The highest BCUT2D eigenvalue weighted by atomic mass is 35.5. The van der Waals surface area contributed by atoms with Crippen LogP contribution in [0.1, 0.15) is 0 Å². The summed E-state index contributed by atoms with van der Waals surface area (Å²) >= 11 is 10.9. The molecule has 0 saturated carbocycles. The van der Waals surface area contributed by atoms with Crippen molar-refractivity contribution in [2.24, 2.45) is 5.92 Å². The fourth-order valence-corrected chi connectivity index (χ4v) is 1.84. The first kappa shape index (κ1) is 17.7. The average molecular weight is 356 g/mol. The van der Waals surface area contributed by atoms with Gasteiger partial charge in [-0.05, 0) is 12.1 Å². The number of phenolic OH excluding ortho intramolecular Hbond substituents is 1. The third-order valence-electron chi connectivity index (χ3n) is 2.20. The topological polar surface area (TPSA) is 49.3 Å². The molecule has 0 aliphatic rings. The number of halogens is 8. The van der Waals surface area contributed by atoms with Crippen LogP contribution in [0.5, 0.6) is 5.75 Å². The van der Waals surface area contributed by atoms with Crippen LogP contribution < -0.4 is 5.32 Å². The molecular weight excluding hydrogens is 351 g/mol. The van der Waals surface area contributed by atoms with E-state index >= 15 is 0 Å². The lowest BCUT2D eigenvalue weighted by Gasteiger charge is -2.22. The zero-order valence-corrected chi connectivity index (χ0v) is 11.1. The standard InChI is InChI=1S/C10H5Cl2F6NO2/c11-3-1-4(12)6(20)5(2-3)19-8(21)7(9(13,14)15)10(16,17)18/h1-2,7,20H,(H,19,21). The SMILES string of the molecule is O=C(Nc1cc(Cl)cc(Cl)c1O)C(C(F)(F)F)C(F)(F)F. The monoisotopic (exact) mass is 355 g/mol. The van der Waals surface area contributed by atoms with Gasteiger partial charge in [0.2, 0.25) is 11.8 Å². The van der Waals surface area contributed by atoms with E-state index < -0.39 is 40.6 Å². The summed E-state index contributed by atoms with van der Waals surface area (Å²) in [6.45, 7) is 0.